The predicted molar refractivity (Wildman–Crippen MR) is 65.5 cm³/mol. The summed E-state index contributed by atoms with van der Waals surface area (Å²) < 4.78 is 0. The number of oxime groups is 1. The summed E-state index contributed by atoms with van der Waals surface area (Å²) in [4.78, 5) is 15.4. The second-order valence-electron chi connectivity index (χ2n) is 3.17. The number of carbonyl (C=O) groups is 1. The molecule has 0 bridgehead atoms. The fourth-order valence-electron chi connectivity index (χ4n) is 0.701. The Morgan fingerprint density at radius 2 is 2.20 bits per heavy atom. The van der Waals surface area contributed by atoms with Gasteiger partial charge in [-0.25, -0.2) is 4.79 Å². The standard InChI is InChI=1S/C10H20N2O2S/c1-5-8(3)15-7-9(6-2)12-14-10(13)11-4/h8H,5-7H2,1-4H3,(H,11,13). The first-order valence-electron chi connectivity index (χ1n) is 5.20. The van der Waals surface area contributed by atoms with Crippen LogP contribution < -0.4 is 5.32 Å². The van der Waals surface area contributed by atoms with Crippen molar-refractivity contribution in [1.82, 2.24) is 5.32 Å². The minimum absolute atomic E-state index is 0.519. The number of rotatable bonds is 6. The van der Waals surface area contributed by atoms with E-state index in [1.165, 1.54) is 7.05 Å². The van der Waals surface area contributed by atoms with Gasteiger partial charge in [0.2, 0.25) is 0 Å². The van der Waals surface area contributed by atoms with E-state index in [2.05, 4.69) is 29.2 Å². The number of hydrogen-bond acceptors (Lipinski definition) is 4. The van der Waals surface area contributed by atoms with Gasteiger partial charge in [-0.3, -0.25) is 4.84 Å². The van der Waals surface area contributed by atoms with Gasteiger partial charge in [-0.15, -0.1) is 0 Å². The molecule has 0 aromatic carbocycles. The fourth-order valence-corrected chi connectivity index (χ4v) is 1.67. The zero-order valence-electron chi connectivity index (χ0n) is 9.87. The van der Waals surface area contributed by atoms with Crippen LogP contribution in [0, 0.1) is 0 Å². The molecule has 0 heterocycles. The summed E-state index contributed by atoms with van der Waals surface area (Å²) in [6.45, 7) is 6.34. The number of nitrogens with one attached hydrogen (secondary N) is 1. The maximum Gasteiger partial charge on any atom is 0.433 e. The molecule has 0 aromatic heterocycles. The van der Waals surface area contributed by atoms with Gasteiger partial charge in [0.1, 0.15) is 0 Å². The third-order valence-corrected chi connectivity index (χ3v) is 3.38. The number of hydrogen-bond donors (Lipinski definition) is 1. The molecule has 0 saturated carbocycles. The molecule has 0 aliphatic carbocycles. The minimum atomic E-state index is -0.519. The Morgan fingerprint density at radius 1 is 1.53 bits per heavy atom. The predicted octanol–water partition coefficient (Wildman–Crippen LogP) is 2.64. The molecule has 5 heteroatoms. The van der Waals surface area contributed by atoms with Crippen molar-refractivity contribution >= 4 is 23.6 Å². The van der Waals surface area contributed by atoms with E-state index in [-0.39, 0.29) is 0 Å². The quantitative estimate of drug-likeness (QED) is 0.435. The van der Waals surface area contributed by atoms with Crippen LogP contribution in [0.25, 0.3) is 0 Å². The molecule has 0 radical (unpaired) electrons. The number of thioether (sulfide) groups is 1. The maximum atomic E-state index is 10.8. The van der Waals surface area contributed by atoms with Crippen LogP contribution in [-0.2, 0) is 4.84 Å². The number of amides is 1. The lowest BCUT2D eigenvalue weighted by Crippen LogP contribution is -2.18. The minimum Gasteiger partial charge on any atom is -0.323 e. The first kappa shape index (κ1) is 14.3. The molecule has 0 spiro atoms. The van der Waals surface area contributed by atoms with Crippen LogP contribution in [0.3, 0.4) is 0 Å². The Hall–Kier alpha value is -0.710. The molecule has 0 saturated heterocycles. The number of carbonyl (C=O) groups excluding carboxylic acids is 1. The van der Waals surface area contributed by atoms with Crippen molar-refractivity contribution in [2.75, 3.05) is 12.8 Å². The van der Waals surface area contributed by atoms with Crippen LogP contribution in [-0.4, -0.2) is 29.9 Å². The van der Waals surface area contributed by atoms with E-state index < -0.39 is 6.09 Å². The van der Waals surface area contributed by atoms with Crippen LogP contribution in [0.1, 0.15) is 33.6 Å². The Kier molecular flexibility index (Phi) is 8.18. The average molecular weight is 232 g/mol. The highest BCUT2D eigenvalue weighted by Gasteiger charge is 2.04. The van der Waals surface area contributed by atoms with Crippen molar-refractivity contribution in [2.24, 2.45) is 5.16 Å². The molecule has 0 aliphatic heterocycles. The van der Waals surface area contributed by atoms with Crippen LogP contribution in [0.2, 0.25) is 0 Å². The highest BCUT2D eigenvalue weighted by Crippen LogP contribution is 2.14. The van der Waals surface area contributed by atoms with Gasteiger partial charge in [0.15, 0.2) is 0 Å². The van der Waals surface area contributed by atoms with Gasteiger partial charge in [-0.1, -0.05) is 25.9 Å². The summed E-state index contributed by atoms with van der Waals surface area (Å²) in [6, 6.07) is 0. The monoisotopic (exact) mass is 232 g/mol. The Labute approximate surface area is 95.8 Å². The van der Waals surface area contributed by atoms with Crippen molar-refractivity contribution in [2.45, 2.75) is 38.9 Å². The molecule has 1 N–H and O–H groups in total. The summed E-state index contributed by atoms with van der Waals surface area (Å²) in [6.07, 6.45) is 1.42. The van der Waals surface area contributed by atoms with Crippen molar-refractivity contribution < 1.29 is 9.63 Å². The summed E-state index contributed by atoms with van der Waals surface area (Å²) in [5.74, 6) is 0.822. The zero-order valence-corrected chi connectivity index (χ0v) is 10.7. The van der Waals surface area contributed by atoms with Crippen LogP contribution in [0.5, 0.6) is 0 Å². The summed E-state index contributed by atoms with van der Waals surface area (Å²) in [5.41, 5.74) is 0.906. The van der Waals surface area contributed by atoms with Gasteiger partial charge < -0.3 is 5.32 Å². The van der Waals surface area contributed by atoms with Crippen LogP contribution in [0.15, 0.2) is 5.16 Å². The van der Waals surface area contributed by atoms with Gasteiger partial charge in [0.25, 0.3) is 0 Å². The van der Waals surface area contributed by atoms with E-state index in [1.54, 1.807) is 0 Å². The van der Waals surface area contributed by atoms with E-state index in [0.717, 1.165) is 24.3 Å². The molecular formula is C10H20N2O2S. The second kappa shape index (κ2) is 8.59. The first-order chi connectivity index (χ1) is 7.13. The Bertz CT molecular complexity index is 219. The highest BCUT2D eigenvalue weighted by molar-refractivity contribution is 8.00. The van der Waals surface area contributed by atoms with Crippen molar-refractivity contribution in [3.8, 4) is 0 Å². The van der Waals surface area contributed by atoms with Crippen molar-refractivity contribution in [3.63, 3.8) is 0 Å². The van der Waals surface area contributed by atoms with Gasteiger partial charge in [-0.2, -0.15) is 11.8 Å². The van der Waals surface area contributed by atoms with Gasteiger partial charge in [-0.05, 0) is 12.8 Å². The summed E-state index contributed by atoms with van der Waals surface area (Å²) in [7, 11) is 1.51. The van der Waals surface area contributed by atoms with E-state index in [9.17, 15) is 4.79 Å². The van der Waals surface area contributed by atoms with E-state index in [1.807, 2.05) is 18.7 Å². The van der Waals surface area contributed by atoms with Crippen molar-refractivity contribution in [1.29, 1.82) is 0 Å². The zero-order chi connectivity index (χ0) is 11.7. The third kappa shape index (κ3) is 7.25. The largest absolute Gasteiger partial charge is 0.433 e. The number of nitrogens with zero attached hydrogens (tertiary/aromatic N) is 1. The topological polar surface area (TPSA) is 50.7 Å². The lowest BCUT2D eigenvalue weighted by Gasteiger charge is -2.08. The molecule has 1 unspecified atom stereocenters. The second-order valence-corrected chi connectivity index (χ2v) is 4.60. The van der Waals surface area contributed by atoms with Gasteiger partial charge in [0.05, 0.1) is 5.71 Å². The average Bonchev–Trinajstić information content (AvgIpc) is 2.28. The molecule has 0 aromatic rings. The van der Waals surface area contributed by atoms with Crippen LogP contribution in [0.4, 0.5) is 4.79 Å². The molecule has 0 aliphatic rings. The maximum absolute atomic E-state index is 10.8. The fraction of sp³-hybridized carbons (Fsp3) is 0.800. The lowest BCUT2D eigenvalue weighted by molar-refractivity contribution is 0.153. The van der Waals surface area contributed by atoms with Crippen LogP contribution >= 0.6 is 11.8 Å². The Balaban J connectivity index is 3.95. The molecule has 88 valence electrons. The smallest absolute Gasteiger partial charge is 0.323 e. The van der Waals surface area contributed by atoms with E-state index in [4.69, 9.17) is 0 Å². The van der Waals surface area contributed by atoms with E-state index >= 15 is 0 Å². The molecule has 1 atom stereocenters. The van der Waals surface area contributed by atoms with Gasteiger partial charge in [0, 0.05) is 18.1 Å². The first-order valence-corrected chi connectivity index (χ1v) is 6.24. The van der Waals surface area contributed by atoms with Gasteiger partial charge >= 0.3 is 6.09 Å². The molecule has 4 nitrogen and oxygen atoms in total. The molecule has 0 rings (SSSR count). The molecule has 0 fully saturated rings. The van der Waals surface area contributed by atoms with E-state index in [0.29, 0.717) is 5.25 Å². The normalized spacial score (nSPS) is 13.5. The lowest BCUT2D eigenvalue weighted by atomic mass is 10.3. The highest BCUT2D eigenvalue weighted by atomic mass is 32.2. The molecule has 15 heavy (non-hydrogen) atoms. The summed E-state index contributed by atoms with van der Waals surface area (Å²) >= 11 is 1.83. The van der Waals surface area contributed by atoms with Crippen molar-refractivity contribution in [3.05, 3.63) is 0 Å². The molecule has 1 amide bonds. The summed E-state index contributed by atoms with van der Waals surface area (Å²) in [5, 5.41) is 6.76. The molecular weight excluding hydrogens is 212 g/mol. The third-order valence-electron chi connectivity index (χ3n) is 1.98. The SMILES string of the molecule is CCC(CSC(C)CC)=NOC(=O)NC. The Morgan fingerprint density at radius 3 is 2.67 bits per heavy atom.